The highest BCUT2D eigenvalue weighted by molar-refractivity contribution is 5.93. The highest BCUT2D eigenvalue weighted by Gasteiger charge is 2.10. The Morgan fingerprint density at radius 3 is 2.54 bits per heavy atom. The molecule has 0 heterocycles. The van der Waals surface area contributed by atoms with Crippen LogP contribution in [-0.2, 0) is 9.53 Å². The van der Waals surface area contributed by atoms with Crippen molar-refractivity contribution in [2.24, 2.45) is 0 Å². The number of benzene rings is 1. The molecule has 0 radical (unpaired) electrons. The van der Waals surface area contributed by atoms with Crippen molar-refractivity contribution in [1.82, 2.24) is 0 Å². The van der Waals surface area contributed by atoms with Gasteiger partial charge in [-0.2, -0.15) is 0 Å². The van der Waals surface area contributed by atoms with Crippen molar-refractivity contribution < 1.29 is 9.53 Å². The predicted octanol–water partition coefficient (Wildman–Crippen LogP) is 1.66. The minimum absolute atomic E-state index is 0.131. The molecule has 13 heavy (non-hydrogen) atoms. The molecule has 1 aromatic carbocycles. The first-order valence-corrected chi connectivity index (χ1v) is 4.12. The lowest BCUT2D eigenvalue weighted by atomic mass is 10.3. The van der Waals surface area contributed by atoms with Gasteiger partial charge in [-0.25, -0.2) is 0 Å². The topological polar surface area (TPSA) is 38.3 Å². The van der Waals surface area contributed by atoms with E-state index in [1.165, 1.54) is 7.11 Å². The van der Waals surface area contributed by atoms with Crippen molar-refractivity contribution in [2.75, 3.05) is 12.4 Å². The Labute approximate surface area is 77.7 Å². The number of hydrogen-bond acceptors (Lipinski definition) is 2. The van der Waals surface area contributed by atoms with Crippen LogP contribution >= 0.6 is 0 Å². The summed E-state index contributed by atoms with van der Waals surface area (Å²) in [5.41, 5.74) is 0.788. The molecule has 0 aliphatic rings. The Kier molecular flexibility index (Phi) is 3.46. The third-order valence-electron chi connectivity index (χ3n) is 1.76. The second-order valence-electron chi connectivity index (χ2n) is 2.73. The van der Waals surface area contributed by atoms with E-state index in [1.54, 1.807) is 6.92 Å². The largest absolute Gasteiger partial charge is 0.372 e. The molecule has 1 N–H and O–H groups in total. The summed E-state index contributed by atoms with van der Waals surface area (Å²) >= 11 is 0. The fourth-order valence-corrected chi connectivity index (χ4v) is 0.872. The highest BCUT2D eigenvalue weighted by Crippen LogP contribution is 2.05. The maximum Gasteiger partial charge on any atom is 0.253 e. The van der Waals surface area contributed by atoms with E-state index in [0.29, 0.717) is 0 Å². The summed E-state index contributed by atoms with van der Waals surface area (Å²) in [5, 5.41) is 2.73. The zero-order chi connectivity index (χ0) is 9.68. The van der Waals surface area contributed by atoms with Crippen LogP contribution in [0.1, 0.15) is 6.92 Å². The van der Waals surface area contributed by atoms with Crippen molar-refractivity contribution >= 4 is 11.6 Å². The van der Waals surface area contributed by atoms with E-state index in [4.69, 9.17) is 4.74 Å². The first-order valence-electron chi connectivity index (χ1n) is 4.12. The average Bonchev–Trinajstić information content (AvgIpc) is 2.18. The summed E-state index contributed by atoms with van der Waals surface area (Å²) < 4.78 is 4.87. The van der Waals surface area contributed by atoms with E-state index in [2.05, 4.69) is 5.32 Å². The van der Waals surface area contributed by atoms with Crippen LogP contribution in [0, 0.1) is 0 Å². The summed E-state index contributed by atoms with van der Waals surface area (Å²) in [6, 6.07) is 9.30. The fourth-order valence-electron chi connectivity index (χ4n) is 0.872. The van der Waals surface area contributed by atoms with E-state index in [9.17, 15) is 4.79 Å². The minimum atomic E-state index is -0.416. The first kappa shape index (κ1) is 9.74. The third-order valence-corrected chi connectivity index (χ3v) is 1.76. The predicted molar refractivity (Wildman–Crippen MR) is 51.5 cm³/mol. The second-order valence-corrected chi connectivity index (χ2v) is 2.73. The molecule has 0 saturated heterocycles. The van der Waals surface area contributed by atoms with Crippen LogP contribution in [0.15, 0.2) is 30.3 Å². The minimum Gasteiger partial charge on any atom is -0.372 e. The van der Waals surface area contributed by atoms with Crippen LogP contribution in [0.4, 0.5) is 5.69 Å². The van der Waals surface area contributed by atoms with E-state index < -0.39 is 6.10 Å². The number of anilines is 1. The molecule has 0 bridgehead atoms. The SMILES string of the molecule is COC(C)C(=O)Nc1ccccc1. The molecular weight excluding hydrogens is 166 g/mol. The maximum absolute atomic E-state index is 11.3. The maximum atomic E-state index is 11.3. The number of carbonyl (C=O) groups is 1. The van der Waals surface area contributed by atoms with Crippen molar-refractivity contribution in [3.8, 4) is 0 Å². The van der Waals surface area contributed by atoms with E-state index in [-0.39, 0.29) is 5.91 Å². The van der Waals surface area contributed by atoms with Gasteiger partial charge in [0, 0.05) is 12.8 Å². The summed E-state index contributed by atoms with van der Waals surface area (Å²) in [6.07, 6.45) is -0.416. The smallest absolute Gasteiger partial charge is 0.253 e. The van der Waals surface area contributed by atoms with Gasteiger partial charge in [0.2, 0.25) is 0 Å². The molecule has 3 nitrogen and oxygen atoms in total. The van der Waals surface area contributed by atoms with Crippen molar-refractivity contribution in [1.29, 1.82) is 0 Å². The zero-order valence-electron chi connectivity index (χ0n) is 7.78. The Hall–Kier alpha value is -1.35. The number of nitrogens with one attached hydrogen (secondary N) is 1. The number of amides is 1. The molecule has 0 spiro atoms. The van der Waals surface area contributed by atoms with Gasteiger partial charge < -0.3 is 10.1 Å². The van der Waals surface area contributed by atoms with Crippen LogP contribution in [0.3, 0.4) is 0 Å². The summed E-state index contributed by atoms with van der Waals surface area (Å²) in [4.78, 5) is 11.3. The molecule has 0 aromatic heterocycles. The molecule has 3 heteroatoms. The van der Waals surface area contributed by atoms with Gasteiger partial charge in [-0.1, -0.05) is 18.2 Å². The number of hydrogen-bond donors (Lipinski definition) is 1. The number of para-hydroxylation sites is 1. The van der Waals surface area contributed by atoms with Crippen LogP contribution in [-0.4, -0.2) is 19.1 Å². The number of rotatable bonds is 3. The van der Waals surface area contributed by atoms with Crippen molar-refractivity contribution in [2.45, 2.75) is 13.0 Å². The van der Waals surface area contributed by atoms with E-state index in [0.717, 1.165) is 5.69 Å². The normalized spacial score (nSPS) is 12.2. The van der Waals surface area contributed by atoms with Crippen LogP contribution in [0.5, 0.6) is 0 Å². The molecule has 1 unspecified atom stereocenters. The Morgan fingerprint density at radius 1 is 1.38 bits per heavy atom. The molecule has 1 amide bonds. The fraction of sp³-hybridized carbons (Fsp3) is 0.300. The standard InChI is InChI=1S/C10H13NO2/c1-8(13-2)10(12)11-9-6-4-3-5-7-9/h3-8H,1-2H3,(H,11,12). The molecule has 1 atom stereocenters. The molecule has 0 saturated carbocycles. The molecular formula is C10H13NO2. The van der Waals surface area contributed by atoms with E-state index in [1.807, 2.05) is 30.3 Å². The monoisotopic (exact) mass is 179 g/mol. The molecule has 70 valence electrons. The van der Waals surface area contributed by atoms with Gasteiger partial charge in [-0.05, 0) is 19.1 Å². The van der Waals surface area contributed by atoms with E-state index >= 15 is 0 Å². The zero-order valence-corrected chi connectivity index (χ0v) is 7.78. The number of carbonyl (C=O) groups excluding carboxylic acids is 1. The Balaban J connectivity index is 2.55. The summed E-state index contributed by atoms with van der Waals surface area (Å²) in [7, 11) is 1.51. The van der Waals surface area contributed by atoms with Gasteiger partial charge in [0.25, 0.3) is 5.91 Å². The molecule has 0 fully saturated rings. The molecule has 1 rings (SSSR count). The lowest BCUT2D eigenvalue weighted by molar-refractivity contribution is -0.124. The van der Waals surface area contributed by atoms with Crippen molar-refractivity contribution in [3.05, 3.63) is 30.3 Å². The lowest BCUT2D eigenvalue weighted by Gasteiger charge is -2.09. The third kappa shape index (κ3) is 2.87. The van der Waals surface area contributed by atoms with Gasteiger partial charge >= 0.3 is 0 Å². The van der Waals surface area contributed by atoms with Gasteiger partial charge in [0.15, 0.2) is 0 Å². The lowest BCUT2D eigenvalue weighted by Crippen LogP contribution is -2.26. The number of methoxy groups -OCH3 is 1. The molecule has 0 aliphatic carbocycles. The Morgan fingerprint density at radius 2 is 2.00 bits per heavy atom. The van der Waals surface area contributed by atoms with Gasteiger partial charge in [-0.15, -0.1) is 0 Å². The van der Waals surface area contributed by atoms with Gasteiger partial charge in [-0.3, -0.25) is 4.79 Å². The average molecular weight is 179 g/mol. The van der Waals surface area contributed by atoms with Crippen LogP contribution in [0.2, 0.25) is 0 Å². The quantitative estimate of drug-likeness (QED) is 0.766. The highest BCUT2D eigenvalue weighted by atomic mass is 16.5. The summed E-state index contributed by atoms with van der Waals surface area (Å²) in [6.45, 7) is 1.71. The molecule has 0 aliphatic heterocycles. The van der Waals surface area contributed by atoms with Gasteiger partial charge in [0.1, 0.15) is 6.10 Å². The van der Waals surface area contributed by atoms with Gasteiger partial charge in [0.05, 0.1) is 0 Å². The second kappa shape index (κ2) is 4.62. The Bertz CT molecular complexity index is 272. The number of ether oxygens (including phenoxy) is 1. The first-order chi connectivity index (χ1) is 6.24. The van der Waals surface area contributed by atoms with Crippen LogP contribution in [0.25, 0.3) is 0 Å². The van der Waals surface area contributed by atoms with Crippen LogP contribution < -0.4 is 5.32 Å². The van der Waals surface area contributed by atoms with Crippen molar-refractivity contribution in [3.63, 3.8) is 0 Å². The molecule has 1 aromatic rings. The summed E-state index contributed by atoms with van der Waals surface area (Å²) in [5.74, 6) is -0.131.